The smallest absolute Gasteiger partial charge is 0.287 e. The molecule has 3 aliphatic heterocycles. The van der Waals surface area contributed by atoms with Crippen molar-refractivity contribution in [3.63, 3.8) is 0 Å². The van der Waals surface area contributed by atoms with Crippen LogP contribution < -0.4 is 20.5 Å². The van der Waals surface area contributed by atoms with E-state index in [9.17, 15) is 9.59 Å². The number of anilines is 2. The fourth-order valence-corrected chi connectivity index (χ4v) is 4.22. The van der Waals surface area contributed by atoms with Gasteiger partial charge in [0.2, 0.25) is 5.91 Å². The molecule has 28 heavy (non-hydrogen) atoms. The zero-order chi connectivity index (χ0) is 19.8. The van der Waals surface area contributed by atoms with Crippen LogP contribution in [-0.4, -0.2) is 59.4 Å². The number of ether oxygens (including phenoxy) is 1. The molecule has 0 saturated carbocycles. The summed E-state index contributed by atoms with van der Waals surface area (Å²) in [7, 11) is 3.17. The molecule has 2 atom stereocenters. The Morgan fingerprint density at radius 1 is 1.36 bits per heavy atom. The van der Waals surface area contributed by atoms with Crippen molar-refractivity contribution in [1.29, 1.82) is 0 Å². The van der Waals surface area contributed by atoms with E-state index in [2.05, 4.69) is 20.2 Å². The summed E-state index contributed by atoms with van der Waals surface area (Å²) in [5.41, 5.74) is 1.09. The van der Waals surface area contributed by atoms with Crippen LogP contribution in [0.4, 0.5) is 11.4 Å². The molecule has 0 aliphatic carbocycles. The summed E-state index contributed by atoms with van der Waals surface area (Å²) in [5, 5.41) is 7.19. The van der Waals surface area contributed by atoms with Crippen LogP contribution in [0, 0.1) is 0 Å². The monoisotopic (exact) mass is 403 g/mol. The first-order valence-corrected chi connectivity index (χ1v) is 9.50. The average molecular weight is 404 g/mol. The molecule has 3 aliphatic rings. The van der Waals surface area contributed by atoms with Crippen molar-refractivity contribution in [2.75, 3.05) is 37.0 Å². The molecule has 2 aromatic rings. The molecule has 5 rings (SSSR count). The number of fused-ring (bicyclic) bond motifs is 2. The van der Waals surface area contributed by atoms with Crippen molar-refractivity contribution in [3.05, 3.63) is 45.8 Å². The Hall–Kier alpha value is -2.58. The summed E-state index contributed by atoms with van der Waals surface area (Å²) in [6.07, 6.45) is 2.67. The van der Waals surface area contributed by atoms with Gasteiger partial charge in [0.25, 0.3) is 5.56 Å². The van der Waals surface area contributed by atoms with Gasteiger partial charge in [-0.1, -0.05) is 17.7 Å². The highest BCUT2D eigenvalue weighted by Crippen LogP contribution is 2.35. The number of nitrogens with zero attached hydrogens (tertiary/aromatic N) is 4. The Balaban J connectivity index is 1.38. The molecule has 4 heterocycles. The normalized spacial score (nSPS) is 21.2. The van der Waals surface area contributed by atoms with E-state index in [-0.39, 0.29) is 28.6 Å². The van der Waals surface area contributed by atoms with Gasteiger partial charge < -0.3 is 15.0 Å². The number of carbonyl (C=O) groups is 1. The van der Waals surface area contributed by atoms with Crippen LogP contribution in [0.3, 0.4) is 0 Å². The fourth-order valence-electron chi connectivity index (χ4n) is 3.93. The lowest BCUT2D eigenvalue weighted by Gasteiger charge is -2.56. The minimum absolute atomic E-state index is 0.0512. The average Bonchev–Trinajstić information content (AvgIpc) is 2.70. The molecule has 1 N–H and O–H groups in total. The van der Waals surface area contributed by atoms with Crippen molar-refractivity contribution < 1.29 is 9.53 Å². The number of halogens is 1. The number of benzene rings is 1. The van der Waals surface area contributed by atoms with E-state index in [1.165, 1.54) is 4.68 Å². The Morgan fingerprint density at radius 3 is 2.82 bits per heavy atom. The van der Waals surface area contributed by atoms with Crippen LogP contribution >= 0.6 is 11.6 Å². The van der Waals surface area contributed by atoms with Gasteiger partial charge in [-0.25, -0.2) is 4.68 Å². The van der Waals surface area contributed by atoms with E-state index in [4.69, 9.17) is 16.3 Å². The molecule has 2 bridgehead atoms. The van der Waals surface area contributed by atoms with Crippen LogP contribution in [0.25, 0.3) is 0 Å². The van der Waals surface area contributed by atoms with Gasteiger partial charge in [0.1, 0.15) is 10.8 Å². The zero-order valence-electron chi connectivity index (χ0n) is 15.8. The lowest BCUT2D eigenvalue weighted by atomic mass is 9.87. The number of piperidine rings is 1. The van der Waals surface area contributed by atoms with Gasteiger partial charge in [-0.3, -0.25) is 14.5 Å². The van der Waals surface area contributed by atoms with E-state index in [1.807, 2.05) is 18.2 Å². The van der Waals surface area contributed by atoms with Crippen LogP contribution in [0.1, 0.15) is 6.42 Å². The van der Waals surface area contributed by atoms with Gasteiger partial charge in [0, 0.05) is 44.0 Å². The van der Waals surface area contributed by atoms with Crippen LogP contribution in [0.15, 0.2) is 35.3 Å². The Bertz CT molecular complexity index is 951. The van der Waals surface area contributed by atoms with Crippen LogP contribution in [0.2, 0.25) is 5.02 Å². The van der Waals surface area contributed by atoms with Gasteiger partial charge in [-0.2, -0.15) is 5.10 Å². The predicted molar refractivity (Wildman–Crippen MR) is 107 cm³/mol. The Morgan fingerprint density at radius 2 is 2.11 bits per heavy atom. The summed E-state index contributed by atoms with van der Waals surface area (Å²) in [4.78, 5) is 28.8. The molecule has 3 saturated heterocycles. The third-order valence-electron chi connectivity index (χ3n) is 5.42. The third-order valence-corrected chi connectivity index (χ3v) is 5.78. The van der Waals surface area contributed by atoms with E-state index in [1.54, 1.807) is 26.4 Å². The van der Waals surface area contributed by atoms with E-state index in [0.29, 0.717) is 18.0 Å². The number of aromatic nitrogens is 2. The highest BCUT2D eigenvalue weighted by molar-refractivity contribution is 6.33. The number of piperazine rings is 1. The number of aryl methyl sites for hydroxylation is 1. The Kier molecular flexibility index (Phi) is 4.99. The maximum absolute atomic E-state index is 12.5. The summed E-state index contributed by atoms with van der Waals surface area (Å²) in [5.74, 6) is 0.651. The molecule has 8 nitrogen and oxygen atoms in total. The summed E-state index contributed by atoms with van der Waals surface area (Å²) < 4.78 is 6.41. The second kappa shape index (κ2) is 7.44. The number of hydrogen-bond donors (Lipinski definition) is 1. The zero-order valence-corrected chi connectivity index (χ0v) is 16.5. The first-order chi connectivity index (χ1) is 13.5. The van der Waals surface area contributed by atoms with Crippen molar-refractivity contribution in [1.82, 2.24) is 14.7 Å². The van der Waals surface area contributed by atoms with E-state index >= 15 is 0 Å². The lowest BCUT2D eigenvalue weighted by molar-refractivity contribution is -0.121. The first kappa shape index (κ1) is 18.8. The quantitative estimate of drug-likeness (QED) is 0.811. The molecule has 0 radical (unpaired) electrons. The summed E-state index contributed by atoms with van der Waals surface area (Å²) in [6.45, 7) is 1.78. The van der Waals surface area contributed by atoms with Crippen molar-refractivity contribution >= 4 is 28.9 Å². The van der Waals surface area contributed by atoms with Crippen molar-refractivity contribution in [3.8, 4) is 5.75 Å². The minimum Gasteiger partial charge on any atom is -0.497 e. The standard InChI is InChI=1S/C19H22ClN5O3/c1-23-19(27)18(20)16(8-21-23)24-9-13-7-14(10-24)25(13)11-17(26)22-12-4-3-5-15(6-12)28-2/h3-6,8,13-14H,7,9-11H2,1-2H3,(H,22,26). The molecule has 148 valence electrons. The Labute approximate surface area is 167 Å². The fraction of sp³-hybridized carbons (Fsp3) is 0.421. The van der Waals surface area contributed by atoms with Crippen molar-refractivity contribution in [2.24, 2.45) is 7.05 Å². The molecule has 0 spiro atoms. The van der Waals surface area contributed by atoms with Gasteiger partial charge in [0.05, 0.1) is 25.5 Å². The van der Waals surface area contributed by atoms with Crippen LogP contribution in [0.5, 0.6) is 5.75 Å². The maximum Gasteiger partial charge on any atom is 0.287 e. The predicted octanol–water partition coefficient (Wildman–Crippen LogP) is 1.34. The highest BCUT2D eigenvalue weighted by atomic mass is 35.5. The van der Waals surface area contributed by atoms with Crippen molar-refractivity contribution in [2.45, 2.75) is 18.5 Å². The van der Waals surface area contributed by atoms with Gasteiger partial charge >= 0.3 is 0 Å². The minimum atomic E-state index is -0.298. The molecular formula is C19H22ClN5O3. The topological polar surface area (TPSA) is 79.7 Å². The highest BCUT2D eigenvalue weighted by Gasteiger charge is 2.45. The summed E-state index contributed by atoms with van der Waals surface area (Å²) >= 11 is 6.23. The number of methoxy groups -OCH3 is 1. The number of hydrogen-bond acceptors (Lipinski definition) is 6. The second-order valence-electron chi connectivity index (χ2n) is 7.17. The molecule has 1 aromatic carbocycles. The van der Waals surface area contributed by atoms with E-state index in [0.717, 1.165) is 25.2 Å². The molecule has 1 amide bonds. The molecule has 3 fully saturated rings. The SMILES string of the molecule is COc1cccc(NC(=O)CN2C3CC2CN(c2cnn(C)c(=O)c2Cl)C3)c1. The maximum atomic E-state index is 12.5. The lowest BCUT2D eigenvalue weighted by Crippen LogP contribution is -2.69. The summed E-state index contributed by atoms with van der Waals surface area (Å²) in [6, 6.07) is 7.82. The number of carbonyl (C=O) groups excluding carboxylic acids is 1. The van der Waals surface area contributed by atoms with Gasteiger partial charge in [-0.05, 0) is 18.6 Å². The molecule has 2 unspecified atom stereocenters. The van der Waals surface area contributed by atoms with E-state index < -0.39 is 0 Å². The largest absolute Gasteiger partial charge is 0.497 e. The number of nitrogens with one attached hydrogen (secondary N) is 1. The molecule has 9 heteroatoms. The molecular weight excluding hydrogens is 382 g/mol. The second-order valence-corrected chi connectivity index (χ2v) is 7.55. The first-order valence-electron chi connectivity index (χ1n) is 9.12. The number of amides is 1. The third kappa shape index (κ3) is 3.45. The molecule has 1 aromatic heterocycles. The van der Waals surface area contributed by atoms with Crippen LogP contribution in [-0.2, 0) is 11.8 Å². The van der Waals surface area contributed by atoms with Gasteiger partial charge in [0.15, 0.2) is 0 Å². The number of rotatable bonds is 5. The van der Waals surface area contributed by atoms with Gasteiger partial charge in [-0.15, -0.1) is 0 Å².